The highest BCUT2D eigenvalue weighted by molar-refractivity contribution is 5.76. The van der Waals surface area contributed by atoms with E-state index in [-0.39, 0.29) is 0 Å². The molecule has 1 rings (SSSR count). The van der Waals surface area contributed by atoms with Crippen LogP contribution in [-0.4, -0.2) is 29.9 Å². The molecular formula is C13H26N2O. The fraction of sp³-hybridized carbons (Fsp3) is 0.923. The van der Waals surface area contributed by atoms with Gasteiger partial charge in [0, 0.05) is 19.0 Å². The van der Waals surface area contributed by atoms with E-state index < -0.39 is 0 Å². The summed E-state index contributed by atoms with van der Waals surface area (Å²) in [5.74, 6) is 0.952. The largest absolute Gasteiger partial charge is 0.340 e. The summed E-state index contributed by atoms with van der Waals surface area (Å²) in [6, 6.07) is 0.415. The molecule has 1 aliphatic rings. The average molecular weight is 226 g/mol. The van der Waals surface area contributed by atoms with Crippen molar-refractivity contribution < 1.29 is 4.79 Å². The molecule has 94 valence electrons. The van der Waals surface area contributed by atoms with Crippen LogP contribution in [0.1, 0.15) is 52.4 Å². The van der Waals surface area contributed by atoms with Gasteiger partial charge < -0.3 is 10.6 Å². The lowest BCUT2D eigenvalue weighted by Crippen LogP contribution is -2.44. The smallest absolute Gasteiger partial charge is 0.222 e. The minimum atomic E-state index is 0.340. The summed E-state index contributed by atoms with van der Waals surface area (Å²) in [7, 11) is 0. The maximum absolute atomic E-state index is 12.1. The zero-order valence-electron chi connectivity index (χ0n) is 10.7. The van der Waals surface area contributed by atoms with Crippen molar-refractivity contribution in [3.8, 4) is 0 Å². The Kier molecular flexibility index (Phi) is 5.81. The van der Waals surface area contributed by atoms with Crippen LogP contribution in [0.25, 0.3) is 0 Å². The molecular weight excluding hydrogens is 200 g/mol. The van der Waals surface area contributed by atoms with Gasteiger partial charge in [0.15, 0.2) is 0 Å². The van der Waals surface area contributed by atoms with Crippen molar-refractivity contribution in [2.24, 2.45) is 11.7 Å². The highest BCUT2D eigenvalue weighted by atomic mass is 16.2. The molecule has 0 saturated carbocycles. The van der Waals surface area contributed by atoms with Crippen molar-refractivity contribution in [3.05, 3.63) is 0 Å². The zero-order chi connectivity index (χ0) is 12.0. The van der Waals surface area contributed by atoms with Gasteiger partial charge in [-0.25, -0.2) is 0 Å². The summed E-state index contributed by atoms with van der Waals surface area (Å²) in [5.41, 5.74) is 5.61. The Bertz CT molecular complexity index is 214. The quantitative estimate of drug-likeness (QED) is 0.781. The summed E-state index contributed by atoms with van der Waals surface area (Å²) in [4.78, 5) is 14.2. The molecule has 3 heteroatoms. The Labute approximate surface area is 99.4 Å². The molecule has 1 amide bonds. The van der Waals surface area contributed by atoms with Gasteiger partial charge >= 0.3 is 0 Å². The van der Waals surface area contributed by atoms with E-state index in [2.05, 4.69) is 18.7 Å². The number of hydrogen-bond acceptors (Lipinski definition) is 2. The molecule has 1 aliphatic heterocycles. The van der Waals surface area contributed by atoms with Crippen molar-refractivity contribution in [1.29, 1.82) is 0 Å². The predicted molar refractivity (Wildman–Crippen MR) is 67.1 cm³/mol. The molecule has 0 spiro atoms. The molecule has 1 fully saturated rings. The summed E-state index contributed by atoms with van der Waals surface area (Å²) in [5, 5.41) is 0. The maximum atomic E-state index is 12.1. The van der Waals surface area contributed by atoms with E-state index in [9.17, 15) is 4.79 Å². The molecule has 0 aromatic rings. The summed E-state index contributed by atoms with van der Waals surface area (Å²) in [6.07, 6.45) is 6.23. The molecule has 16 heavy (non-hydrogen) atoms. The van der Waals surface area contributed by atoms with Crippen LogP contribution in [0.3, 0.4) is 0 Å². The van der Waals surface area contributed by atoms with Crippen LogP contribution in [0.2, 0.25) is 0 Å². The number of piperidine rings is 1. The molecule has 0 aliphatic carbocycles. The first kappa shape index (κ1) is 13.5. The van der Waals surface area contributed by atoms with Crippen LogP contribution >= 0.6 is 0 Å². The number of nitrogens with two attached hydrogens (primary N) is 1. The zero-order valence-corrected chi connectivity index (χ0v) is 10.7. The normalized spacial score (nSPS) is 21.5. The second-order valence-electron chi connectivity index (χ2n) is 5.25. The van der Waals surface area contributed by atoms with Crippen molar-refractivity contribution in [1.82, 2.24) is 4.90 Å². The highest BCUT2D eigenvalue weighted by Gasteiger charge is 2.25. The standard InChI is InChI=1S/C13H26N2O/c1-11(2)6-7-13(16)15-10-4-3-5-12(15)8-9-14/h11-12H,3-10,14H2,1-2H3. The topological polar surface area (TPSA) is 46.3 Å². The van der Waals surface area contributed by atoms with E-state index in [0.29, 0.717) is 30.8 Å². The lowest BCUT2D eigenvalue weighted by atomic mass is 9.98. The number of hydrogen-bond donors (Lipinski definition) is 1. The van der Waals surface area contributed by atoms with Gasteiger partial charge in [0.05, 0.1) is 0 Å². The Morgan fingerprint density at radius 3 is 2.81 bits per heavy atom. The molecule has 1 heterocycles. The lowest BCUT2D eigenvalue weighted by Gasteiger charge is -2.36. The molecule has 1 saturated heterocycles. The first-order valence-corrected chi connectivity index (χ1v) is 6.64. The van der Waals surface area contributed by atoms with Crippen LogP contribution in [0.5, 0.6) is 0 Å². The fourth-order valence-corrected chi connectivity index (χ4v) is 2.38. The van der Waals surface area contributed by atoms with Crippen LogP contribution in [0.4, 0.5) is 0 Å². The number of carbonyl (C=O) groups is 1. The SMILES string of the molecule is CC(C)CCC(=O)N1CCCCC1CCN. The van der Waals surface area contributed by atoms with E-state index in [1.54, 1.807) is 0 Å². The van der Waals surface area contributed by atoms with E-state index in [0.717, 1.165) is 32.2 Å². The van der Waals surface area contributed by atoms with Gasteiger partial charge in [-0.05, 0) is 44.6 Å². The van der Waals surface area contributed by atoms with Crippen molar-refractivity contribution >= 4 is 5.91 Å². The third-order valence-electron chi connectivity index (χ3n) is 3.38. The van der Waals surface area contributed by atoms with E-state index in [4.69, 9.17) is 5.73 Å². The molecule has 3 nitrogen and oxygen atoms in total. The summed E-state index contributed by atoms with van der Waals surface area (Å²) in [6.45, 7) is 5.97. The van der Waals surface area contributed by atoms with Gasteiger partial charge in [-0.1, -0.05) is 13.8 Å². The first-order valence-electron chi connectivity index (χ1n) is 6.64. The van der Waals surface area contributed by atoms with Gasteiger partial charge in [0.25, 0.3) is 0 Å². The minimum Gasteiger partial charge on any atom is -0.340 e. The Balaban J connectivity index is 2.43. The van der Waals surface area contributed by atoms with E-state index >= 15 is 0 Å². The molecule has 0 aromatic carbocycles. The Hall–Kier alpha value is -0.570. The predicted octanol–water partition coefficient (Wildman–Crippen LogP) is 2.15. The van der Waals surface area contributed by atoms with Crippen LogP contribution < -0.4 is 5.73 Å². The van der Waals surface area contributed by atoms with Gasteiger partial charge in [-0.15, -0.1) is 0 Å². The summed E-state index contributed by atoms with van der Waals surface area (Å²) < 4.78 is 0. The minimum absolute atomic E-state index is 0.340. The van der Waals surface area contributed by atoms with Crippen LogP contribution in [0.15, 0.2) is 0 Å². The summed E-state index contributed by atoms with van der Waals surface area (Å²) >= 11 is 0. The van der Waals surface area contributed by atoms with Gasteiger partial charge in [-0.2, -0.15) is 0 Å². The van der Waals surface area contributed by atoms with Crippen LogP contribution in [0, 0.1) is 5.92 Å². The third-order valence-corrected chi connectivity index (χ3v) is 3.38. The number of nitrogens with zero attached hydrogens (tertiary/aromatic N) is 1. The second-order valence-corrected chi connectivity index (χ2v) is 5.25. The van der Waals surface area contributed by atoms with Crippen molar-refractivity contribution in [3.63, 3.8) is 0 Å². The third kappa shape index (κ3) is 4.12. The monoisotopic (exact) mass is 226 g/mol. The number of amides is 1. The first-order chi connectivity index (χ1) is 7.65. The molecule has 0 aromatic heterocycles. The highest BCUT2D eigenvalue weighted by Crippen LogP contribution is 2.21. The second kappa shape index (κ2) is 6.89. The van der Waals surface area contributed by atoms with Crippen molar-refractivity contribution in [2.75, 3.05) is 13.1 Å². The molecule has 0 radical (unpaired) electrons. The number of rotatable bonds is 5. The number of carbonyl (C=O) groups excluding carboxylic acids is 1. The molecule has 1 atom stereocenters. The Morgan fingerprint density at radius 2 is 2.19 bits per heavy atom. The Morgan fingerprint density at radius 1 is 1.44 bits per heavy atom. The fourth-order valence-electron chi connectivity index (χ4n) is 2.38. The van der Waals surface area contributed by atoms with E-state index in [1.165, 1.54) is 6.42 Å². The van der Waals surface area contributed by atoms with Crippen LogP contribution in [-0.2, 0) is 4.79 Å². The van der Waals surface area contributed by atoms with Gasteiger partial charge in [0.2, 0.25) is 5.91 Å². The molecule has 1 unspecified atom stereocenters. The molecule has 2 N–H and O–H groups in total. The van der Waals surface area contributed by atoms with Crippen molar-refractivity contribution in [2.45, 2.75) is 58.4 Å². The lowest BCUT2D eigenvalue weighted by molar-refractivity contribution is -0.135. The van der Waals surface area contributed by atoms with Gasteiger partial charge in [0.1, 0.15) is 0 Å². The van der Waals surface area contributed by atoms with Gasteiger partial charge in [-0.3, -0.25) is 4.79 Å². The maximum Gasteiger partial charge on any atom is 0.222 e. The number of likely N-dealkylation sites (tertiary alicyclic amines) is 1. The average Bonchev–Trinajstić information content (AvgIpc) is 2.27. The van der Waals surface area contributed by atoms with E-state index in [1.807, 2.05) is 0 Å². The molecule has 0 bridgehead atoms.